The number of nitrogens with one attached hydrogen (secondary N) is 1. The number of carbonyl (C=O) groups excluding carboxylic acids is 1. The number of terminal acetylenes is 1. The number of imidazole rings is 1. The lowest BCUT2D eigenvalue weighted by molar-refractivity contribution is -0.160. The number of aromatic nitrogens is 4. The third kappa shape index (κ3) is 5.52. The van der Waals surface area contributed by atoms with Crippen LogP contribution in [0.3, 0.4) is 0 Å². The van der Waals surface area contributed by atoms with Crippen molar-refractivity contribution in [3.8, 4) is 12.3 Å². The van der Waals surface area contributed by atoms with Crippen LogP contribution in [0.5, 0.6) is 0 Å². The lowest BCUT2D eigenvalue weighted by Crippen LogP contribution is -2.38. The van der Waals surface area contributed by atoms with Gasteiger partial charge in [0.05, 0.1) is 25.0 Å². The first-order valence-electron chi connectivity index (χ1n) is 11.7. The molecule has 0 spiro atoms. The molecule has 9 nitrogen and oxygen atoms in total. The number of anilines is 1. The Kier molecular flexibility index (Phi) is 7.78. The fourth-order valence-corrected chi connectivity index (χ4v) is 4.82. The van der Waals surface area contributed by atoms with Crippen LogP contribution in [-0.2, 0) is 17.3 Å². The highest BCUT2D eigenvalue weighted by atomic mass is 127. The van der Waals surface area contributed by atoms with Gasteiger partial charge in [0, 0.05) is 12.5 Å². The Morgan fingerprint density at radius 2 is 2.26 bits per heavy atom. The van der Waals surface area contributed by atoms with Crippen molar-refractivity contribution in [2.75, 3.05) is 11.9 Å². The highest BCUT2D eigenvalue weighted by molar-refractivity contribution is 14.1. The second kappa shape index (κ2) is 10.6. The summed E-state index contributed by atoms with van der Waals surface area (Å²) in [7, 11) is 0. The van der Waals surface area contributed by atoms with E-state index in [9.17, 15) is 4.79 Å². The van der Waals surface area contributed by atoms with E-state index in [1.165, 1.54) is 5.57 Å². The Hall–Kier alpha value is -2.49. The van der Waals surface area contributed by atoms with Crippen LogP contribution in [0.4, 0.5) is 5.82 Å². The number of aryl methyl sites for hydroxylation is 1. The minimum atomic E-state index is -1.10. The summed E-state index contributed by atoms with van der Waals surface area (Å²) >= 11 is 1.55. The molecule has 1 fully saturated rings. The van der Waals surface area contributed by atoms with Crippen molar-refractivity contribution in [2.24, 2.45) is 5.92 Å². The predicted octanol–water partition coefficient (Wildman–Crippen LogP) is 4.44. The number of hydrogen-bond acceptors (Lipinski definition) is 8. The van der Waals surface area contributed by atoms with Crippen molar-refractivity contribution >= 4 is 46.0 Å². The number of rotatable bonds is 8. The molecule has 0 aromatic carbocycles. The summed E-state index contributed by atoms with van der Waals surface area (Å²) in [5, 5.41) is 3.51. The molecule has 1 saturated heterocycles. The van der Waals surface area contributed by atoms with Gasteiger partial charge >= 0.3 is 5.97 Å². The van der Waals surface area contributed by atoms with Gasteiger partial charge in [-0.05, 0) is 46.1 Å². The molecule has 4 rings (SSSR count). The molecule has 1 N–H and O–H groups in total. The summed E-state index contributed by atoms with van der Waals surface area (Å²) in [5.74, 6) is 3.49. The number of ether oxygens (including phenoxy) is 2. The van der Waals surface area contributed by atoms with Crippen LogP contribution in [-0.4, -0.2) is 49.8 Å². The van der Waals surface area contributed by atoms with E-state index in [0.29, 0.717) is 29.2 Å². The van der Waals surface area contributed by atoms with E-state index in [1.807, 2.05) is 11.5 Å². The van der Waals surface area contributed by atoms with Crippen LogP contribution >= 0.6 is 23.0 Å². The van der Waals surface area contributed by atoms with Crippen LogP contribution < -0.4 is 5.32 Å². The highest BCUT2D eigenvalue weighted by Gasteiger charge is 2.39. The van der Waals surface area contributed by atoms with Gasteiger partial charge in [0.2, 0.25) is 0 Å². The van der Waals surface area contributed by atoms with E-state index in [0.717, 1.165) is 12.8 Å². The van der Waals surface area contributed by atoms with Crippen molar-refractivity contribution in [1.82, 2.24) is 19.5 Å². The third-order valence-corrected chi connectivity index (χ3v) is 6.82. The zero-order valence-electron chi connectivity index (χ0n) is 20.3. The number of fused-ring (bicyclic) bond motifs is 1. The van der Waals surface area contributed by atoms with Crippen molar-refractivity contribution in [2.45, 2.75) is 70.9 Å². The maximum Gasteiger partial charge on any atom is 0.347 e. The maximum absolute atomic E-state index is 12.0. The van der Waals surface area contributed by atoms with Gasteiger partial charge in [0.15, 0.2) is 45.6 Å². The molecule has 10 heteroatoms. The lowest BCUT2D eigenvalue weighted by Gasteiger charge is -2.24. The SMILES string of the molecule is C#CC1CC(n2cnc3c(N[C@H](C)C4=CC=CCC4)nc(C)nc32)OC1COC(C)(C)C(=O)OI. The molecule has 4 atom stereocenters. The summed E-state index contributed by atoms with van der Waals surface area (Å²) in [6, 6.07) is 0.121. The Bertz CT molecular complexity index is 1200. The monoisotopic (exact) mass is 591 g/mol. The van der Waals surface area contributed by atoms with E-state index in [2.05, 4.69) is 51.3 Å². The molecule has 0 saturated carbocycles. The maximum atomic E-state index is 12.0. The molecule has 0 bridgehead atoms. The zero-order valence-corrected chi connectivity index (χ0v) is 22.5. The number of carbonyl (C=O) groups is 1. The van der Waals surface area contributed by atoms with Gasteiger partial charge < -0.3 is 17.9 Å². The average molecular weight is 591 g/mol. The van der Waals surface area contributed by atoms with Crippen LogP contribution in [0.1, 0.15) is 52.1 Å². The summed E-state index contributed by atoms with van der Waals surface area (Å²) in [5.41, 5.74) is 1.58. The van der Waals surface area contributed by atoms with E-state index in [4.69, 9.17) is 19.0 Å². The van der Waals surface area contributed by atoms with Crippen LogP contribution in [0.25, 0.3) is 11.2 Å². The van der Waals surface area contributed by atoms with Gasteiger partial charge in [-0.25, -0.2) is 19.7 Å². The predicted molar refractivity (Wildman–Crippen MR) is 141 cm³/mol. The van der Waals surface area contributed by atoms with E-state index < -0.39 is 11.6 Å². The van der Waals surface area contributed by atoms with Crippen molar-refractivity contribution in [3.05, 3.63) is 36.0 Å². The van der Waals surface area contributed by atoms with Crippen molar-refractivity contribution in [1.29, 1.82) is 0 Å². The molecule has 3 heterocycles. The molecule has 0 radical (unpaired) electrons. The summed E-state index contributed by atoms with van der Waals surface area (Å²) in [6.07, 6.45) is 15.8. The molecule has 1 aliphatic carbocycles. The molecule has 2 aliphatic rings. The topological polar surface area (TPSA) is 100 Å². The van der Waals surface area contributed by atoms with E-state index in [-0.39, 0.29) is 30.9 Å². The molecule has 186 valence electrons. The van der Waals surface area contributed by atoms with Crippen molar-refractivity contribution < 1.29 is 17.3 Å². The fraction of sp³-hybridized carbons (Fsp3) is 0.520. The highest BCUT2D eigenvalue weighted by Crippen LogP contribution is 2.36. The molecular formula is C25H30IN5O4. The van der Waals surface area contributed by atoms with Crippen molar-refractivity contribution in [3.63, 3.8) is 0 Å². The molecule has 2 aromatic rings. The summed E-state index contributed by atoms with van der Waals surface area (Å²) in [6.45, 7) is 7.47. The fourth-order valence-electron chi connectivity index (χ4n) is 4.29. The molecule has 2 aromatic heterocycles. The molecule has 35 heavy (non-hydrogen) atoms. The first kappa shape index (κ1) is 25.6. The minimum Gasteiger partial charge on any atom is -0.392 e. The van der Waals surface area contributed by atoms with E-state index >= 15 is 0 Å². The average Bonchev–Trinajstić information content (AvgIpc) is 3.46. The molecule has 0 amide bonds. The second-order valence-electron chi connectivity index (χ2n) is 9.34. The summed E-state index contributed by atoms with van der Waals surface area (Å²) < 4.78 is 18.8. The standard InChI is InChI=1S/C25H30IN5O4/c1-6-17-12-20(34-19(17)13-33-25(4,5)24(32)35-26)31-14-27-21-22(29-16(3)30-23(21)31)28-15(2)18-10-8-7-9-11-18/h1,7-8,10,14-15,17,19-20H,9,11-13H2,2-5H3,(H,28,29,30)/t15-,17?,19?,20?/m1/s1. The number of allylic oxidation sites excluding steroid dienone is 3. The van der Waals surface area contributed by atoms with Crippen LogP contribution in [0, 0.1) is 25.2 Å². The number of nitrogens with zero attached hydrogens (tertiary/aromatic N) is 4. The Morgan fingerprint density at radius 1 is 1.46 bits per heavy atom. The smallest absolute Gasteiger partial charge is 0.347 e. The number of hydrogen-bond donors (Lipinski definition) is 1. The van der Waals surface area contributed by atoms with Gasteiger partial charge in [-0.1, -0.05) is 18.2 Å². The quantitative estimate of drug-likeness (QED) is 0.356. The lowest BCUT2D eigenvalue weighted by atomic mass is 9.99. The first-order valence-corrected chi connectivity index (χ1v) is 12.5. The molecule has 1 aliphatic heterocycles. The van der Waals surface area contributed by atoms with E-state index in [1.54, 1.807) is 43.2 Å². The second-order valence-corrected chi connectivity index (χ2v) is 9.78. The Labute approximate surface area is 219 Å². The minimum absolute atomic E-state index is 0.121. The molecule has 3 unspecified atom stereocenters. The zero-order chi connectivity index (χ0) is 25.2. The van der Waals surface area contributed by atoms with Crippen LogP contribution in [0.2, 0.25) is 0 Å². The first-order chi connectivity index (χ1) is 16.7. The largest absolute Gasteiger partial charge is 0.392 e. The van der Waals surface area contributed by atoms with Gasteiger partial charge in [-0.15, -0.1) is 12.3 Å². The Balaban J connectivity index is 1.54. The molecular weight excluding hydrogens is 561 g/mol. The van der Waals surface area contributed by atoms with Gasteiger partial charge in [0.25, 0.3) is 0 Å². The normalized spacial score (nSPS) is 23.1. The van der Waals surface area contributed by atoms with Crippen LogP contribution in [0.15, 0.2) is 30.1 Å². The number of halogens is 1. The van der Waals surface area contributed by atoms with Gasteiger partial charge in [-0.3, -0.25) is 4.57 Å². The Morgan fingerprint density at radius 3 is 2.94 bits per heavy atom. The third-order valence-electron chi connectivity index (χ3n) is 6.42. The summed E-state index contributed by atoms with van der Waals surface area (Å²) in [4.78, 5) is 25.8. The van der Waals surface area contributed by atoms with Gasteiger partial charge in [-0.2, -0.15) is 0 Å². The van der Waals surface area contributed by atoms with Gasteiger partial charge in [0.1, 0.15) is 12.1 Å².